The number of thiophene rings is 1. The maximum atomic E-state index is 10.8. The Bertz CT molecular complexity index is 450. The topological polar surface area (TPSA) is 30.0 Å². The van der Waals surface area contributed by atoms with Crippen molar-refractivity contribution in [3.8, 4) is 0 Å². The van der Waals surface area contributed by atoms with Crippen LogP contribution >= 0.6 is 23.1 Å². The van der Waals surface area contributed by atoms with Crippen LogP contribution < -0.4 is 0 Å². The number of pyridine rings is 1. The van der Waals surface area contributed by atoms with Gasteiger partial charge in [0.05, 0.1) is 4.21 Å². The SMILES string of the molecule is CSc1sc2ncccc2c1C=O. The summed E-state index contributed by atoms with van der Waals surface area (Å²) in [5.74, 6) is 0. The average Bonchev–Trinajstić information content (AvgIpc) is 2.55. The van der Waals surface area contributed by atoms with Gasteiger partial charge in [0.25, 0.3) is 0 Å². The number of carbonyl (C=O) groups excluding carboxylic acids is 1. The maximum absolute atomic E-state index is 10.8. The Morgan fingerprint density at radius 3 is 3.15 bits per heavy atom. The second kappa shape index (κ2) is 3.47. The van der Waals surface area contributed by atoms with E-state index in [0.29, 0.717) is 0 Å². The summed E-state index contributed by atoms with van der Waals surface area (Å²) in [6, 6.07) is 3.79. The van der Waals surface area contributed by atoms with Crippen LogP contribution in [0.15, 0.2) is 22.5 Å². The summed E-state index contributed by atoms with van der Waals surface area (Å²) in [6.07, 6.45) is 4.63. The van der Waals surface area contributed by atoms with Crippen LogP contribution in [-0.2, 0) is 0 Å². The standard InChI is InChI=1S/C9H7NOS2/c1-12-9-7(5-11)6-3-2-4-10-8(6)13-9/h2-5H,1H3. The molecule has 13 heavy (non-hydrogen) atoms. The molecule has 2 rings (SSSR count). The fraction of sp³-hybridized carbons (Fsp3) is 0.111. The van der Waals surface area contributed by atoms with Crippen molar-refractivity contribution in [2.45, 2.75) is 4.21 Å². The third-order valence-electron chi connectivity index (χ3n) is 1.77. The van der Waals surface area contributed by atoms with Crippen LogP contribution in [0.4, 0.5) is 0 Å². The van der Waals surface area contributed by atoms with Gasteiger partial charge >= 0.3 is 0 Å². The second-order valence-corrected chi connectivity index (χ2v) is 4.56. The van der Waals surface area contributed by atoms with Crippen molar-refractivity contribution in [1.29, 1.82) is 0 Å². The zero-order valence-corrected chi connectivity index (χ0v) is 8.61. The molecular weight excluding hydrogens is 202 g/mol. The van der Waals surface area contributed by atoms with E-state index in [1.54, 1.807) is 29.3 Å². The molecule has 0 unspecified atom stereocenters. The Hall–Kier alpha value is -0.870. The quantitative estimate of drug-likeness (QED) is 0.562. The molecule has 0 aliphatic carbocycles. The summed E-state index contributed by atoms with van der Waals surface area (Å²) in [4.78, 5) is 16.0. The third kappa shape index (κ3) is 1.36. The Morgan fingerprint density at radius 1 is 1.62 bits per heavy atom. The zero-order chi connectivity index (χ0) is 9.26. The predicted octanol–water partition coefficient (Wildman–Crippen LogP) is 2.83. The van der Waals surface area contributed by atoms with E-state index in [1.807, 2.05) is 18.4 Å². The summed E-state index contributed by atoms with van der Waals surface area (Å²) >= 11 is 3.16. The van der Waals surface area contributed by atoms with Crippen molar-refractivity contribution in [3.05, 3.63) is 23.9 Å². The monoisotopic (exact) mass is 209 g/mol. The largest absolute Gasteiger partial charge is 0.298 e. The van der Waals surface area contributed by atoms with E-state index in [1.165, 1.54) is 0 Å². The first-order valence-electron chi connectivity index (χ1n) is 3.73. The van der Waals surface area contributed by atoms with Crippen LogP contribution in [0.3, 0.4) is 0 Å². The number of hydrogen-bond acceptors (Lipinski definition) is 4. The van der Waals surface area contributed by atoms with Gasteiger partial charge in [-0.1, -0.05) is 0 Å². The Morgan fingerprint density at radius 2 is 2.46 bits per heavy atom. The highest BCUT2D eigenvalue weighted by atomic mass is 32.2. The van der Waals surface area contributed by atoms with Gasteiger partial charge in [0.15, 0.2) is 6.29 Å². The van der Waals surface area contributed by atoms with Gasteiger partial charge in [-0.25, -0.2) is 4.98 Å². The smallest absolute Gasteiger partial charge is 0.152 e. The highest BCUT2D eigenvalue weighted by molar-refractivity contribution is 8.00. The lowest BCUT2D eigenvalue weighted by Crippen LogP contribution is -1.78. The van der Waals surface area contributed by atoms with Crippen LogP contribution in [0.2, 0.25) is 0 Å². The first kappa shape index (κ1) is 8.72. The van der Waals surface area contributed by atoms with Crippen LogP contribution in [0.5, 0.6) is 0 Å². The number of thioether (sulfide) groups is 1. The number of nitrogens with zero attached hydrogens (tertiary/aromatic N) is 1. The number of rotatable bonds is 2. The van der Waals surface area contributed by atoms with E-state index >= 15 is 0 Å². The van der Waals surface area contributed by atoms with Crippen molar-refractivity contribution in [1.82, 2.24) is 4.98 Å². The van der Waals surface area contributed by atoms with E-state index in [0.717, 1.165) is 26.3 Å². The first-order chi connectivity index (χ1) is 6.36. The molecule has 0 saturated carbocycles. The lowest BCUT2D eigenvalue weighted by atomic mass is 10.2. The predicted molar refractivity (Wildman–Crippen MR) is 56.8 cm³/mol. The van der Waals surface area contributed by atoms with Gasteiger partial charge in [-0.15, -0.1) is 23.1 Å². The zero-order valence-electron chi connectivity index (χ0n) is 6.98. The molecule has 0 aliphatic heterocycles. The van der Waals surface area contributed by atoms with E-state index in [2.05, 4.69) is 4.98 Å². The molecule has 2 aromatic heterocycles. The van der Waals surface area contributed by atoms with Gasteiger partial charge in [0.1, 0.15) is 4.83 Å². The molecule has 0 atom stereocenters. The molecule has 66 valence electrons. The minimum absolute atomic E-state index is 0.778. The molecule has 0 N–H and O–H groups in total. The fourth-order valence-corrected chi connectivity index (χ4v) is 2.99. The van der Waals surface area contributed by atoms with Crippen molar-refractivity contribution in [2.24, 2.45) is 0 Å². The van der Waals surface area contributed by atoms with Crippen molar-refractivity contribution in [2.75, 3.05) is 6.26 Å². The van der Waals surface area contributed by atoms with Crippen LogP contribution in [0, 0.1) is 0 Å². The lowest BCUT2D eigenvalue weighted by Gasteiger charge is -1.89. The number of aldehydes is 1. The van der Waals surface area contributed by atoms with Crippen molar-refractivity contribution >= 4 is 39.6 Å². The van der Waals surface area contributed by atoms with Crippen LogP contribution in [0.25, 0.3) is 10.2 Å². The Kier molecular flexibility index (Phi) is 2.33. The first-order valence-corrected chi connectivity index (χ1v) is 5.77. The normalized spacial score (nSPS) is 10.5. The van der Waals surface area contributed by atoms with E-state index in [4.69, 9.17) is 0 Å². The van der Waals surface area contributed by atoms with E-state index in [-0.39, 0.29) is 0 Å². The van der Waals surface area contributed by atoms with Gasteiger partial charge in [-0.3, -0.25) is 4.79 Å². The van der Waals surface area contributed by atoms with Gasteiger partial charge in [-0.2, -0.15) is 0 Å². The highest BCUT2D eigenvalue weighted by Gasteiger charge is 2.10. The van der Waals surface area contributed by atoms with Crippen molar-refractivity contribution < 1.29 is 4.79 Å². The minimum Gasteiger partial charge on any atom is -0.298 e. The molecular formula is C9H7NOS2. The molecule has 0 amide bonds. The second-order valence-electron chi connectivity index (χ2n) is 2.48. The molecule has 0 aliphatic rings. The van der Waals surface area contributed by atoms with Gasteiger partial charge in [0, 0.05) is 17.1 Å². The molecule has 2 nitrogen and oxygen atoms in total. The number of aromatic nitrogens is 1. The molecule has 0 radical (unpaired) electrons. The number of hydrogen-bond donors (Lipinski definition) is 0. The Labute approximate surface area is 84.0 Å². The molecule has 2 aromatic rings. The number of fused-ring (bicyclic) bond motifs is 1. The van der Waals surface area contributed by atoms with Gasteiger partial charge in [-0.05, 0) is 18.4 Å². The summed E-state index contributed by atoms with van der Waals surface area (Å²) in [6.45, 7) is 0. The van der Waals surface area contributed by atoms with E-state index in [9.17, 15) is 4.79 Å². The van der Waals surface area contributed by atoms with Gasteiger partial charge < -0.3 is 0 Å². The molecule has 4 heteroatoms. The number of carbonyl (C=O) groups is 1. The van der Waals surface area contributed by atoms with E-state index < -0.39 is 0 Å². The summed E-state index contributed by atoms with van der Waals surface area (Å²) < 4.78 is 1.05. The van der Waals surface area contributed by atoms with Crippen molar-refractivity contribution in [3.63, 3.8) is 0 Å². The average molecular weight is 209 g/mol. The molecule has 0 bridgehead atoms. The third-order valence-corrected chi connectivity index (χ3v) is 4.04. The maximum Gasteiger partial charge on any atom is 0.152 e. The molecule has 0 saturated heterocycles. The fourth-order valence-electron chi connectivity index (χ4n) is 1.19. The molecule has 2 heterocycles. The molecule has 0 spiro atoms. The Balaban J connectivity index is 2.81. The lowest BCUT2D eigenvalue weighted by molar-refractivity contribution is 0.112. The minimum atomic E-state index is 0.778. The molecule has 0 aromatic carbocycles. The summed E-state index contributed by atoms with van der Waals surface area (Å²) in [7, 11) is 0. The van der Waals surface area contributed by atoms with Crippen LogP contribution in [-0.4, -0.2) is 17.5 Å². The molecule has 0 fully saturated rings. The summed E-state index contributed by atoms with van der Waals surface area (Å²) in [5, 5.41) is 0.965. The highest BCUT2D eigenvalue weighted by Crippen LogP contribution is 2.34. The van der Waals surface area contributed by atoms with Crippen LogP contribution in [0.1, 0.15) is 10.4 Å². The van der Waals surface area contributed by atoms with Gasteiger partial charge in [0.2, 0.25) is 0 Å². The summed E-state index contributed by atoms with van der Waals surface area (Å²) in [5.41, 5.74) is 0.778.